The number of para-hydroxylation sites is 1. The van der Waals surface area contributed by atoms with Crippen LogP contribution < -0.4 is 22.1 Å². The number of carboxylic acids is 1. The van der Waals surface area contributed by atoms with Crippen molar-refractivity contribution in [3.05, 3.63) is 71.9 Å². The van der Waals surface area contributed by atoms with E-state index < -0.39 is 48.2 Å². The first-order valence-electron chi connectivity index (χ1n) is 10.7. The predicted molar refractivity (Wildman–Crippen MR) is 125 cm³/mol. The SMILES string of the molecule is NC(=O)CC(NC(=O)C(Cc1c[nH]c2ccccc12)NC(=O)C(N)Cc1ccccc1)C(=O)O. The van der Waals surface area contributed by atoms with Gasteiger partial charge in [0.2, 0.25) is 17.7 Å². The van der Waals surface area contributed by atoms with Gasteiger partial charge in [0.1, 0.15) is 12.1 Å². The van der Waals surface area contributed by atoms with Crippen molar-refractivity contribution in [2.45, 2.75) is 37.4 Å². The van der Waals surface area contributed by atoms with E-state index in [0.717, 1.165) is 22.0 Å². The average Bonchev–Trinajstić information content (AvgIpc) is 3.21. The fraction of sp³-hybridized carbons (Fsp3) is 0.250. The Kier molecular flexibility index (Phi) is 7.99. The number of aliphatic carboxylic acids is 1. The Balaban J connectivity index is 1.80. The molecule has 3 unspecified atom stereocenters. The van der Waals surface area contributed by atoms with Crippen LogP contribution in [0.4, 0.5) is 0 Å². The second-order valence-electron chi connectivity index (χ2n) is 7.99. The van der Waals surface area contributed by atoms with Gasteiger partial charge in [0.15, 0.2) is 0 Å². The quantitative estimate of drug-likeness (QED) is 0.235. The number of rotatable bonds is 11. The van der Waals surface area contributed by atoms with Gasteiger partial charge in [-0.1, -0.05) is 48.5 Å². The van der Waals surface area contributed by atoms with Crippen LogP contribution in [0.5, 0.6) is 0 Å². The van der Waals surface area contributed by atoms with Crippen LogP contribution in [0.1, 0.15) is 17.5 Å². The lowest BCUT2D eigenvalue weighted by Gasteiger charge is -2.22. The third-order valence-corrected chi connectivity index (χ3v) is 5.39. The van der Waals surface area contributed by atoms with Gasteiger partial charge in [-0.2, -0.15) is 0 Å². The number of fused-ring (bicyclic) bond motifs is 1. The van der Waals surface area contributed by atoms with Crippen molar-refractivity contribution < 1.29 is 24.3 Å². The smallest absolute Gasteiger partial charge is 0.326 e. The lowest BCUT2D eigenvalue weighted by Crippen LogP contribution is -2.56. The Morgan fingerprint density at radius 3 is 2.21 bits per heavy atom. The van der Waals surface area contributed by atoms with Crippen LogP contribution in [0.15, 0.2) is 60.8 Å². The molecule has 0 saturated heterocycles. The van der Waals surface area contributed by atoms with Gasteiger partial charge in [-0.15, -0.1) is 0 Å². The largest absolute Gasteiger partial charge is 0.480 e. The van der Waals surface area contributed by atoms with Crippen LogP contribution >= 0.6 is 0 Å². The molecule has 178 valence electrons. The van der Waals surface area contributed by atoms with Crippen molar-refractivity contribution in [2.24, 2.45) is 11.5 Å². The number of aromatic amines is 1. The minimum absolute atomic E-state index is 0.0720. The fourth-order valence-electron chi connectivity index (χ4n) is 3.64. The van der Waals surface area contributed by atoms with Crippen LogP contribution in [0.2, 0.25) is 0 Å². The van der Waals surface area contributed by atoms with Crippen LogP contribution in [0, 0.1) is 0 Å². The Morgan fingerprint density at radius 2 is 1.53 bits per heavy atom. The van der Waals surface area contributed by atoms with E-state index in [4.69, 9.17) is 11.5 Å². The molecule has 1 heterocycles. The summed E-state index contributed by atoms with van der Waals surface area (Å²) in [5.41, 5.74) is 13.6. The zero-order chi connectivity index (χ0) is 24.7. The van der Waals surface area contributed by atoms with Gasteiger partial charge < -0.3 is 32.2 Å². The predicted octanol–water partition coefficient (Wildman–Crippen LogP) is 0.210. The molecule has 34 heavy (non-hydrogen) atoms. The molecule has 0 bridgehead atoms. The number of carbonyl (C=O) groups excluding carboxylic acids is 3. The van der Waals surface area contributed by atoms with E-state index in [-0.39, 0.29) is 12.8 Å². The molecule has 0 aliphatic carbocycles. The van der Waals surface area contributed by atoms with Crippen molar-refractivity contribution >= 4 is 34.6 Å². The van der Waals surface area contributed by atoms with Crippen molar-refractivity contribution in [2.75, 3.05) is 0 Å². The van der Waals surface area contributed by atoms with Crippen LogP contribution in [0.25, 0.3) is 10.9 Å². The molecule has 0 radical (unpaired) electrons. The van der Waals surface area contributed by atoms with Crippen molar-refractivity contribution in [1.29, 1.82) is 0 Å². The van der Waals surface area contributed by atoms with E-state index in [2.05, 4.69) is 15.6 Å². The number of H-pyrrole nitrogens is 1. The normalized spacial score (nSPS) is 13.6. The lowest BCUT2D eigenvalue weighted by molar-refractivity contribution is -0.143. The van der Waals surface area contributed by atoms with Gasteiger partial charge in [-0.25, -0.2) is 4.79 Å². The minimum atomic E-state index is -1.52. The third-order valence-electron chi connectivity index (χ3n) is 5.39. The van der Waals surface area contributed by atoms with Gasteiger partial charge in [-0.05, 0) is 23.6 Å². The Bertz CT molecular complexity index is 1180. The summed E-state index contributed by atoms with van der Waals surface area (Å²) in [5, 5.41) is 15.1. The summed E-state index contributed by atoms with van der Waals surface area (Å²) < 4.78 is 0. The molecular formula is C24H27N5O5. The number of amides is 3. The van der Waals surface area contributed by atoms with Gasteiger partial charge >= 0.3 is 5.97 Å². The van der Waals surface area contributed by atoms with E-state index >= 15 is 0 Å². The Morgan fingerprint density at radius 1 is 0.882 bits per heavy atom. The molecule has 0 aliphatic rings. The first-order valence-corrected chi connectivity index (χ1v) is 10.7. The number of nitrogens with one attached hydrogen (secondary N) is 3. The number of hydrogen-bond acceptors (Lipinski definition) is 5. The first-order chi connectivity index (χ1) is 16.2. The number of aromatic nitrogens is 1. The summed E-state index contributed by atoms with van der Waals surface area (Å²) in [6.07, 6.45) is 1.47. The van der Waals surface area contributed by atoms with Gasteiger partial charge in [0, 0.05) is 23.5 Å². The van der Waals surface area contributed by atoms with Crippen LogP contribution in [-0.4, -0.2) is 51.9 Å². The summed E-state index contributed by atoms with van der Waals surface area (Å²) in [4.78, 5) is 51.7. The molecule has 2 aromatic carbocycles. The summed E-state index contributed by atoms with van der Waals surface area (Å²) in [6, 6.07) is 13.0. The molecule has 1 aromatic heterocycles. The van der Waals surface area contributed by atoms with Crippen molar-refractivity contribution in [1.82, 2.24) is 15.6 Å². The van der Waals surface area contributed by atoms with Crippen molar-refractivity contribution in [3.8, 4) is 0 Å². The molecule has 3 rings (SSSR count). The maximum absolute atomic E-state index is 13.0. The highest BCUT2D eigenvalue weighted by Gasteiger charge is 2.29. The molecule has 3 atom stereocenters. The summed E-state index contributed by atoms with van der Waals surface area (Å²) in [6.45, 7) is 0. The number of benzene rings is 2. The molecular weight excluding hydrogens is 438 g/mol. The summed E-state index contributed by atoms with van der Waals surface area (Å²) in [7, 11) is 0. The average molecular weight is 466 g/mol. The fourth-order valence-corrected chi connectivity index (χ4v) is 3.64. The second kappa shape index (κ2) is 11.1. The number of carbonyl (C=O) groups is 4. The molecule has 3 amide bonds. The monoisotopic (exact) mass is 465 g/mol. The summed E-state index contributed by atoms with van der Waals surface area (Å²) >= 11 is 0. The zero-order valence-corrected chi connectivity index (χ0v) is 18.4. The molecule has 0 aliphatic heterocycles. The molecule has 3 aromatic rings. The van der Waals surface area contributed by atoms with Crippen LogP contribution in [0.3, 0.4) is 0 Å². The molecule has 0 fully saturated rings. The number of hydrogen-bond donors (Lipinski definition) is 6. The third kappa shape index (κ3) is 6.42. The molecule has 0 saturated carbocycles. The Labute approximate surface area is 195 Å². The van der Waals surface area contributed by atoms with Crippen LogP contribution in [-0.2, 0) is 32.0 Å². The highest BCUT2D eigenvalue weighted by molar-refractivity contribution is 5.94. The standard InChI is InChI=1S/C24H27N5O5/c25-17(10-14-6-2-1-3-7-14)22(31)28-19(23(32)29-20(24(33)34)12-21(26)30)11-15-13-27-18-9-5-4-8-16(15)18/h1-9,13,17,19-20,27H,10-12,25H2,(H2,26,30)(H,28,31)(H,29,32)(H,33,34). The number of carboxylic acid groups (broad SMARTS) is 1. The zero-order valence-electron chi connectivity index (χ0n) is 18.4. The molecule has 0 spiro atoms. The lowest BCUT2D eigenvalue weighted by atomic mass is 10.0. The number of primary amides is 1. The molecule has 8 N–H and O–H groups in total. The van der Waals surface area contributed by atoms with Crippen molar-refractivity contribution in [3.63, 3.8) is 0 Å². The van der Waals surface area contributed by atoms with E-state index in [0.29, 0.717) is 0 Å². The second-order valence-corrected chi connectivity index (χ2v) is 7.99. The van der Waals surface area contributed by atoms with E-state index in [1.54, 1.807) is 6.20 Å². The van der Waals surface area contributed by atoms with Gasteiger partial charge in [-0.3, -0.25) is 14.4 Å². The highest BCUT2D eigenvalue weighted by atomic mass is 16.4. The van der Waals surface area contributed by atoms with Gasteiger partial charge in [0.05, 0.1) is 12.5 Å². The van der Waals surface area contributed by atoms with Gasteiger partial charge in [0.25, 0.3) is 0 Å². The van der Waals surface area contributed by atoms with E-state index in [1.807, 2.05) is 54.6 Å². The van der Waals surface area contributed by atoms with E-state index in [9.17, 15) is 24.3 Å². The maximum atomic E-state index is 13.0. The molecule has 10 heteroatoms. The topological polar surface area (TPSA) is 180 Å². The molecule has 10 nitrogen and oxygen atoms in total. The van der Waals surface area contributed by atoms with E-state index in [1.165, 1.54) is 0 Å². The summed E-state index contributed by atoms with van der Waals surface area (Å²) in [5.74, 6) is -3.62. The maximum Gasteiger partial charge on any atom is 0.326 e. The highest BCUT2D eigenvalue weighted by Crippen LogP contribution is 2.19. The number of nitrogens with two attached hydrogens (primary N) is 2. The first kappa shape index (κ1) is 24.5. The Hall–Kier alpha value is -4.18. The minimum Gasteiger partial charge on any atom is -0.480 e.